The molecule has 124 valence electrons. The Hall–Kier alpha value is -1.88. The molecule has 1 fully saturated rings. The molecule has 2 aromatic rings. The van der Waals surface area contributed by atoms with E-state index < -0.39 is 0 Å². The molecule has 0 radical (unpaired) electrons. The second-order valence-corrected chi connectivity index (χ2v) is 6.59. The number of nitrogens with zero attached hydrogens (tertiary/aromatic N) is 4. The first-order chi connectivity index (χ1) is 11.1. The molecular formula is C18H26N4O. The van der Waals surface area contributed by atoms with E-state index in [2.05, 4.69) is 41.5 Å². The number of carbonyl (C=O) groups excluding carboxylic acids is 1. The highest BCUT2D eigenvalue weighted by molar-refractivity contribution is 5.82. The van der Waals surface area contributed by atoms with Gasteiger partial charge in [-0.2, -0.15) is 0 Å². The summed E-state index contributed by atoms with van der Waals surface area (Å²) < 4.78 is 2.06. The fourth-order valence-corrected chi connectivity index (χ4v) is 3.27. The molecule has 5 nitrogen and oxygen atoms in total. The summed E-state index contributed by atoms with van der Waals surface area (Å²) in [5.74, 6) is 0.254. The topological polar surface area (TPSA) is 40.9 Å². The van der Waals surface area contributed by atoms with Crippen LogP contribution in [0.25, 0.3) is 5.65 Å². The number of likely N-dealkylation sites (N-methyl/N-ethyl adjacent to an activating group) is 1. The number of fused-ring (bicyclic) bond motifs is 1. The molecule has 5 heteroatoms. The number of amides is 1. The normalized spacial score (nSPS) is 19.7. The molecule has 0 spiro atoms. The van der Waals surface area contributed by atoms with E-state index in [1.54, 1.807) is 0 Å². The smallest absolute Gasteiger partial charge is 0.239 e. The molecule has 1 aliphatic rings. The lowest BCUT2D eigenvalue weighted by Gasteiger charge is -2.38. The summed E-state index contributed by atoms with van der Waals surface area (Å²) in [6.45, 7) is 6.71. The summed E-state index contributed by atoms with van der Waals surface area (Å²) in [7, 11) is 1.91. The summed E-state index contributed by atoms with van der Waals surface area (Å²) >= 11 is 0. The van der Waals surface area contributed by atoms with Crippen molar-refractivity contribution in [3.63, 3.8) is 0 Å². The molecule has 0 saturated carbocycles. The van der Waals surface area contributed by atoms with Crippen LogP contribution < -0.4 is 0 Å². The number of carbonyl (C=O) groups is 1. The minimum absolute atomic E-state index is 0.000230. The molecule has 1 amide bonds. The average molecular weight is 314 g/mol. The third-order valence-corrected chi connectivity index (χ3v) is 4.69. The summed E-state index contributed by atoms with van der Waals surface area (Å²) in [4.78, 5) is 21.4. The van der Waals surface area contributed by atoms with Crippen molar-refractivity contribution in [1.29, 1.82) is 0 Å². The maximum atomic E-state index is 12.5. The van der Waals surface area contributed by atoms with Crippen LogP contribution in [0.15, 0.2) is 24.5 Å². The lowest BCUT2D eigenvalue weighted by atomic mass is 10.0. The number of imidazole rings is 1. The van der Waals surface area contributed by atoms with Gasteiger partial charge in [-0.05, 0) is 31.0 Å². The van der Waals surface area contributed by atoms with E-state index in [-0.39, 0.29) is 11.9 Å². The fraction of sp³-hybridized carbons (Fsp3) is 0.556. The Morgan fingerprint density at radius 3 is 2.96 bits per heavy atom. The monoisotopic (exact) mass is 314 g/mol. The minimum atomic E-state index is 0.000230. The van der Waals surface area contributed by atoms with Crippen LogP contribution in [0.1, 0.15) is 37.4 Å². The van der Waals surface area contributed by atoms with Gasteiger partial charge in [0.05, 0.1) is 11.7 Å². The number of hydrogen-bond donors (Lipinski definition) is 0. The van der Waals surface area contributed by atoms with E-state index in [4.69, 9.17) is 4.98 Å². The first-order valence-electron chi connectivity index (χ1n) is 8.51. The van der Waals surface area contributed by atoms with E-state index >= 15 is 0 Å². The number of aromatic nitrogens is 2. The van der Waals surface area contributed by atoms with Gasteiger partial charge in [-0.15, -0.1) is 0 Å². The number of unbranched alkanes of at least 4 members (excludes halogenated alkanes) is 1. The van der Waals surface area contributed by atoms with Gasteiger partial charge in [0.2, 0.25) is 5.91 Å². The third kappa shape index (κ3) is 3.39. The summed E-state index contributed by atoms with van der Waals surface area (Å²) in [6, 6.07) is 4.18. The Kier molecular flexibility index (Phi) is 4.66. The van der Waals surface area contributed by atoms with E-state index in [9.17, 15) is 4.79 Å². The number of pyridine rings is 1. The van der Waals surface area contributed by atoms with Crippen LogP contribution in [-0.4, -0.2) is 51.3 Å². The van der Waals surface area contributed by atoms with Crippen molar-refractivity contribution < 1.29 is 4.79 Å². The van der Waals surface area contributed by atoms with Crippen LogP contribution in [0.5, 0.6) is 0 Å². The summed E-state index contributed by atoms with van der Waals surface area (Å²) in [5, 5.41) is 0. The molecule has 1 unspecified atom stereocenters. The summed E-state index contributed by atoms with van der Waals surface area (Å²) in [5.41, 5.74) is 3.23. The van der Waals surface area contributed by atoms with Gasteiger partial charge in [-0.1, -0.05) is 19.8 Å². The van der Waals surface area contributed by atoms with Crippen molar-refractivity contribution in [2.24, 2.45) is 0 Å². The van der Waals surface area contributed by atoms with Crippen LogP contribution in [0.4, 0.5) is 0 Å². The van der Waals surface area contributed by atoms with Crippen molar-refractivity contribution in [2.75, 3.05) is 20.1 Å². The van der Waals surface area contributed by atoms with Crippen molar-refractivity contribution >= 4 is 11.6 Å². The zero-order chi connectivity index (χ0) is 16.4. The largest absolute Gasteiger partial charge is 0.343 e. The molecule has 0 bridgehead atoms. The van der Waals surface area contributed by atoms with Crippen LogP contribution in [0.2, 0.25) is 0 Å². The number of rotatable bonds is 5. The molecule has 2 aromatic heterocycles. The highest BCUT2D eigenvalue weighted by atomic mass is 16.2. The van der Waals surface area contributed by atoms with E-state index in [1.807, 2.05) is 18.1 Å². The lowest BCUT2D eigenvalue weighted by Crippen LogP contribution is -2.55. The van der Waals surface area contributed by atoms with E-state index in [0.717, 1.165) is 50.2 Å². The van der Waals surface area contributed by atoms with Crippen molar-refractivity contribution in [3.05, 3.63) is 35.8 Å². The molecule has 1 saturated heterocycles. The van der Waals surface area contributed by atoms with Crippen LogP contribution in [0, 0.1) is 6.92 Å². The molecule has 0 aliphatic carbocycles. The standard InChI is InChI=1S/C18H26N4O/c1-4-5-6-16-18(23)20(3)9-10-21(16)12-15-13-22-8-7-14(2)11-17(22)19-15/h7-8,11,13,16H,4-6,9-10,12H2,1-3H3. The van der Waals surface area contributed by atoms with Crippen LogP contribution >= 0.6 is 0 Å². The minimum Gasteiger partial charge on any atom is -0.343 e. The van der Waals surface area contributed by atoms with Gasteiger partial charge in [0.1, 0.15) is 5.65 Å². The van der Waals surface area contributed by atoms with Gasteiger partial charge in [-0.3, -0.25) is 9.69 Å². The highest BCUT2D eigenvalue weighted by Gasteiger charge is 2.32. The van der Waals surface area contributed by atoms with E-state index in [1.165, 1.54) is 5.56 Å². The van der Waals surface area contributed by atoms with E-state index in [0.29, 0.717) is 0 Å². The SMILES string of the molecule is CCCCC1C(=O)N(C)CCN1Cc1cn2ccc(C)cc2n1. The van der Waals surface area contributed by atoms with Crippen molar-refractivity contribution in [3.8, 4) is 0 Å². The Balaban J connectivity index is 1.78. The molecule has 23 heavy (non-hydrogen) atoms. The number of aryl methyl sites for hydroxylation is 1. The average Bonchev–Trinajstić information content (AvgIpc) is 2.92. The molecule has 1 aliphatic heterocycles. The molecule has 0 N–H and O–H groups in total. The zero-order valence-corrected chi connectivity index (χ0v) is 14.3. The Morgan fingerprint density at radius 2 is 2.17 bits per heavy atom. The second kappa shape index (κ2) is 6.71. The molecule has 0 aromatic carbocycles. The second-order valence-electron chi connectivity index (χ2n) is 6.59. The van der Waals surface area contributed by atoms with Gasteiger partial charge < -0.3 is 9.30 Å². The van der Waals surface area contributed by atoms with Gasteiger partial charge in [0.25, 0.3) is 0 Å². The summed E-state index contributed by atoms with van der Waals surface area (Å²) in [6.07, 6.45) is 7.27. The van der Waals surface area contributed by atoms with Gasteiger partial charge in [-0.25, -0.2) is 4.98 Å². The van der Waals surface area contributed by atoms with Gasteiger partial charge >= 0.3 is 0 Å². The first kappa shape index (κ1) is 16.0. The number of hydrogen-bond acceptors (Lipinski definition) is 3. The zero-order valence-electron chi connectivity index (χ0n) is 14.3. The van der Waals surface area contributed by atoms with Crippen LogP contribution in [0.3, 0.4) is 0 Å². The fourth-order valence-electron chi connectivity index (χ4n) is 3.27. The number of piperazine rings is 1. The predicted molar refractivity (Wildman–Crippen MR) is 91.3 cm³/mol. The van der Waals surface area contributed by atoms with Crippen molar-refractivity contribution in [1.82, 2.24) is 19.2 Å². The molecule has 1 atom stereocenters. The highest BCUT2D eigenvalue weighted by Crippen LogP contribution is 2.19. The molecule has 3 heterocycles. The molecular weight excluding hydrogens is 288 g/mol. The molecule has 3 rings (SSSR count). The maximum absolute atomic E-state index is 12.5. The van der Waals surface area contributed by atoms with Crippen LogP contribution in [-0.2, 0) is 11.3 Å². The Labute approximate surface area is 137 Å². The third-order valence-electron chi connectivity index (χ3n) is 4.69. The van der Waals surface area contributed by atoms with Crippen molar-refractivity contribution in [2.45, 2.75) is 45.7 Å². The quantitative estimate of drug-likeness (QED) is 0.851. The Bertz CT molecular complexity index is 693. The maximum Gasteiger partial charge on any atom is 0.239 e. The van der Waals surface area contributed by atoms with Gasteiger partial charge in [0, 0.05) is 39.1 Å². The predicted octanol–water partition coefficient (Wildman–Crippen LogP) is 2.48. The first-order valence-corrected chi connectivity index (χ1v) is 8.51. The Morgan fingerprint density at radius 1 is 1.35 bits per heavy atom. The van der Waals surface area contributed by atoms with Gasteiger partial charge in [0.15, 0.2) is 0 Å². The lowest BCUT2D eigenvalue weighted by molar-refractivity contribution is -0.140.